The zero-order valence-corrected chi connectivity index (χ0v) is 9.32. The maximum atomic E-state index is 5.42. The molecule has 1 heterocycles. The molecule has 0 bridgehead atoms. The van der Waals surface area contributed by atoms with E-state index in [4.69, 9.17) is 5.84 Å². The smallest absolute Gasteiger partial charge is 0.208 e. The van der Waals surface area contributed by atoms with Crippen LogP contribution in [0.5, 0.6) is 0 Å². The minimum atomic E-state index is 0.616. The number of nitrogens with one attached hydrogen (secondary N) is 1. The number of likely N-dealkylation sites (tertiary alicyclic amines) is 1. The van der Waals surface area contributed by atoms with E-state index < -0.39 is 0 Å². The van der Waals surface area contributed by atoms with Gasteiger partial charge in [0.25, 0.3) is 0 Å². The first-order valence-corrected chi connectivity index (χ1v) is 5.11. The Hall–Kier alpha value is -0.810. The molecule has 82 valence electrons. The van der Waals surface area contributed by atoms with Crippen molar-refractivity contribution in [2.45, 2.75) is 19.4 Å². The Labute approximate surface area is 85.9 Å². The van der Waals surface area contributed by atoms with Crippen LogP contribution in [0.1, 0.15) is 13.3 Å². The highest BCUT2D eigenvalue weighted by Gasteiger charge is 2.25. The normalized spacial score (nSPS) is 23.4. The summed E-state index contributed by atoms with van der Waals surface area (Å²) in [6.45, 7) is 4.82. The lowest BCUT2D eigenvalue weighted by Crippen LogP contribution is -2.45. The molecule has 5 nitrogen and oxygen atoms in total. The van der Waals surface area contributed by atoms with Crippen molar-refractivity contribution >= 4 is 5.96 Å². The van der Waals surface area contributed by atoms with Gasteiger partial charge in [0.1, 0.15) is 0 Å². The van der Waals surface area contributed by atoms with Gasteiger partial charge in [-0.3, -0.25) is 10.4 Å². The lowest BCUT2D eigenvalue weighted by molar-refractivity contribution is 0.300. The predicted octanol–water partition coefficient (Wildman–Crippen LogP) is -0.538. The molecule has 0 radical (unpaired) electrons. The molecule has 0 aromatic carbocycles. The highest BCUT2D eigenvalue weighted by Crippen LogP contribution is 2.12. The van der Waals surface area contributed by atoms with Crippen molar-refractivity contribution < 1.29 is 0 Å². The molecule has 5 heteroatoms. The van der Waals surface area contributed by atoms with Crippen molar-refractivity contribution in [3.63, 3.8) is 0 Å². The van der Waals surface area contributed by atoms with Crippen LogP contribution in [-0.4, -0.2) is 55.5 Å². The number of hydrazine groups is 1. The number of nitrogens with two attached hydrogens (primary N) is 1. The molecular formula is C9H21N5. The van der Waals surface area contributed by atoms with Crippen molar-refractivity contribution in [3.8, 4) is 0 Å². The summed E-state index contributed by atoms with van der Waals surface area (Å²) in [5.74, 6) is 6.24. The average molecular weight is 199 g/mol. The lowest BCUT2D eigenvalue weighted by Gasteiger charge is -2.22. The molecule has 1 saturated heterocycles. The van der Waals surface area contributed by atoms with Crippen LogP contribution < -0.4 is 11.3 Å². The zero-order valence-electron chi connectivity index (χ0n) is 9.32. The van der Waals surface area contributed by atoms with Gasteiger partial charge in [0.15, 0.2) is 0 Å². The minimum absolute atomic E-state index is 0.616. The number of rotatable bonds is 2. The SMILES string of the molecule is CCN=C(NN)N1CCC(N(C)C)C1. The Morgan fingerprint density at radius 3 is 2.79 bits per heavy atom. The van der Waals surface area contributed by atoms with E-state index in [2.05, 4.69) is 34.3 Å². The maximum absolute atomic E-state index is 5.42. The molecule has 1 aliphatic rings. The van der Waals surface area contributed by atoms with Crippen molar-refractivity contribution in [1.82, 2.24) is 15.2 Å². The quantitative estimate of drug-likeness (QED) is 0.271. The van der Waals surface area contributed by atoms with Crippen LogP contribution in [0.4, 0.5) is 0 Å². The van der Waals surface area contributed by atoms with Crippen molar-refractivity contribution in [2.75, 3.05) is 33.7 Å². The van der Waals surface area contributed by atoms with Gasteiger partial charge in [-0.2, -0.15) is 0 Å². The van der Waals surface area contributed by atoms with Crippen molar-refractivity contribution in [3.05, 3.63) is 0 Å². The van der Waals surface area contributed by atoms with Gasteiger partial charge < -0.3 is 9.80 Å². The van der Waals surface area contributed by atoms with E-state index in [0.29, 0.717) is 6.04 Å². The van der Waals surface area contributed by atoms with E-state index in [1.807, 2.05) is 6.92 Å². The van der Waals surface area contributed by atoms with Gasteiger partial charge in [-0.1, -0.05) is 0 Å². The summed E-state index contributed by atoms with van der Waals surface area (Å²) >= 11 is 0. The second-order valence-corrected chi connectivity index (χ2v) is 3.79. The summed E-state index contributed by atoms with van der Waals surface area (Å²) in [6.07, 6.45) is 1.18. The Kier molecular flexibility index (Phi) is 4.16. The summed E-state index contributed by atoms with van der Waals surface area (Å²) in [7, 11) is 4.22. The van der Waals surface area contributed by atoms with Crippen molar-refractivity contribution in [2.24, 2.45) is 10.8 Å². The van der Waals surface area contributed by atoms with Gasteiger partial charge >= 0.3 is 0 Å². The molecular weight excluding hydrogens is 178 g/mol. The first kappa shape index (κ1) is 11.3. The fourth-order valence-corrected chi connectivity index (χ4v) is 1.74. The fraction of sp³-hybridized carbons (Fsp3) is 0.889. The number of hydrogen-bond donors (Lipinski definition) is 2. The van der Waals surface area contributed by atoms with Crippen LogP contribution in [0.15, 0.2) is 4.99 Å². The zero-order chi connectivity index (χ0) is 10.6. The number of hydrogen-bond acceptors (Lipinski definition) is 3. The van der Waals surface area contributed by atoms with E-state index in [1.165, 1.54) is 6.42 Å². The maximum Gasteiger partial charge on any atom is 0.208 e. The Morgan fingerprint density at radius 1 is 1.64 bits per heavy atom. The molecule has 0 amide bonds. The summed E-state index contributed by atoms with van der Waals surface area (Å²) < 4.78 is 0. The van der Waals surface area contributed by atoms with E-state index in [9.17, 15) is 0 Å². The Bertz CT molecular complexity index is 201. The van der Waals surface area contributed by atoms with Crippen molar-refractivity contribution in [1.29, 1.82) is 0 Å². The Balaban J connectivity index is 2.51. The molecule has 1 aliphatic heterocycles. The molecule has 3 N–H and O–H groups in total. The van der Waals surface area contributed by atoms with Gasteiger partial charge in [-0.05, 0) is 27.4 Å². The molecule has 0 aliphatic carbocycles. The third kappa shape index (κ3) is 2.59. The highest BCUT2D eigenvalue weighted by molar-refractivity contribution is 5.79. The molecule has 14 heavy (non-hydrogen) atoms. The second kappa shape index (κ2) is 5.17. The van der Waals surface area contributed by atoms with Gasteiger partial charge in [-0.15, -0.1) is 0 Å². The van der Waals surface area contributed by atoms with E-state index >= 15 is 0 Å². The summed E-state index contributed by atoms with van der Waals surface area (Å²) in [4.78, 5) is 8.76. The third-order valence-corrected chi connectivity index (χ3v) is 2.63. The lowest BCUT2D eigenvalue weighted by atomic mass is 10.2. The van der Waals surface area contributed by atoms with Gasteiger partial charge in [0, 0.05) is 25.7 Å². The monoisotopic (exact) mass is 199 g/mol. The standard InChI is InChI=1S/C9H21N5/c1-4-11-9(12-10)14-6-5-8(7-14)13(2)3/h8H,4-7,10H2,1-3H3,(H,11,12). The number of aliphatic imine (C=N–C) groups is 1. The molecule has 0 aromatic heterocycles. The van der Waals surface area contributed by atoms with Crippen LogP contribution in [0.3, 0.4) is 0 Å². The minimum Gasteiger partial charge on any atom is -0.340 e. The fourth-order valence-electron chi connectivity index (χ4n) is 1.74. The molecule has 1 atom stereocenters. The second-order valence-electron chi connectivity index (χ2n) is 3.79. The molecule has 1 rings (SSSR count). The Morgan fingerprint density at radius 2 is 2.36 bits per heavy atom. The number of likely N-dealkylation sites (N-methyl/N-ethyl adjacent to an activating group) is 1. The number of nitrogens with zero attached hydrogens (tertiary/aromatic N) is 3. The molecule has 0 spiro atoms. The first-order chi connectivity index (χ1) is 6.69. The molecule has 1 unspecified atom stereocenters. The average Bonchev–Trinajstić information content (AvgIpc) is 2.63. The topological polar surface area (TPSA) is 56.9 Å². The summed E-state index contributed by atoms with van der Waals surface area (Å²) in [6, 6.07) is 0.616. The first-order valence-electron chi connectivity index (χ1n) is 5.11. The highest BCUT2D eigenvalue weighted by atomic mass is 15.4. The third-order valence-electron chi connectivity index (χ3n) is 2.63. The molecule has 0 saturated carbocycles. The number of guanidine groups is 1. The van der Waals surface area contributed by atoms with E-state index in [0.717, 1.165) is 25.6 Å². The van der Waals surface area contributed by atoms with Crippen LogP contribution in [0.2, 0.25) is 0 Å². The van der Waals surface area contributed by atoms with E-state index in [1.54, 1.807) is 0 Å². The largest absolute Gasteiger partial charge is 0.340 e. The predicted molar refractivity (Wildman–Crippen MR) is 59.0 cm³/mol. The summed E-state index contributed by atoms with van der Waals surface area (Å²) in [5.41, 5.74) is 2.66. The van der Waals surface area contributed by atoms with E-state index in [-0.39, 0.29) is 0 Å². The molecule has 1 fully saturated rings. The van der Waals surface area contributed by atoms with Crippen LogP contribution in [0.25, 0.3) is 0 Å². The van der Waals surface area contributed by atoms with Gasteiger partial charge in [0.2, 0.25) is 5.96 Å². The summed E-state index contributed by atoms with van der Waals surface area (Å²) in [5, 5.41) is 0. The van der Waals surface area contributed by atoms with Crippen LogP contribution >= 0.6 is 0 Å². The van der Waals surface area contributed by atoms with Gasteiger partial charge in [0.05, 0.1) is 0 Å². The van der Waals surface area contributed by atoms with Crippen LogP contribution in [0, 0.1) is 0 Å². The molecule has 0 aromatic rings. The van der Waals surface area contributed by atoms with Gasteiger partial charge in [-0.25, -0.2) is 5.84 Å². The van der Waals surface area contributed by atoms with Crippen LogP contribution in [-0.2, 0) is 0 Å².